The zero-order valence-corrected chi connectivity index (χ0v) is 10.9. The summed E-state index contributed by atoms with van der Waals surface area (Å²) in [6.45, 7) is 3.32. The van der Waals surface area contributed by atoms with Gasteiger partial charge in [-0.05, 0) is 38.4 Å². The van der Waals surface area contributed by atoms with Gasteiger partial charge >= 0.3 is 0 Å². The van der Waals surface area contributed by atoms with E-state index in [1.807, 2.05) is 18.2 Å². The highest BCUT2D eigenvalue weighted by atomic mass is 35.5. The fourth-order valence-corrected chi connectivity index (χ4v) is 1.97. The second-order valence-electron chi connectivity index (χ2n) is 3.87. The molecule has 0 aromatic heterocycles. The predicted octanol–water partition coefficient (Wildman–Crippen LogP) is 3.24. The Morgan fingerprint density at radius 3 is 2.50 bits per heavy atom. The van der Waals surface area contributed by atoms with E-state index in [9.17, 15) is 0 Å². The fraction of sp³-hybridized carbons (Fsp3) is 0.500. The summed E-state index contributed by atoms with van der Waals surface area (Å²) in [4.78, 5) is 0. The van der Waals surface area contributed by atoms with Gasteiger partial charge in [0.05, 0.1) is 6.10 Å². The lowest BCUT2D eigenvalue weighted by atomic mass is 10.2. The van der Waals surface area contributed by atoms with Crippen LogP contribution >= 0.6 is 23.2 Å². The summed E-state index contributed by atoms with van der Waals surface area (Å²) >= 11 is 12.1. The summed E-state index contributed by atoms with van der Waals surface area (Å²) in [6.07, 6.45) is 1.52. The van der Waals surface area contributed by atoms with Crippen LogP contribution in [0, 0.1) is 0 Å². The lowest BCUT2D eigenvalue weighted by Gasteiger charge is -2.09. The molecule has 0 bridgehead atoms. The van der Waals surface area contributed by atoms with Crippen molar-refractivity contribution in [3.05, 3.63) is 33.8 Å². The van der Waals surface area contributed by atoms with E-state index < -0.39 is 0 Å². The van der Waals surface area contributed by atoms with Crippen molar-refractivity contribution in [2.75, 3.05) is 6.54 Å². The molecule has 4 heteroatoms. The minimum absolute atomic E-state index is 0.231. The molecule has 0 saturated heterocycles. The van der Waals surface area contributed by atoms with Crippen molar-refractivity contribution in [2.45, 2.75) is 32.4 Å². The van der Waals surface area contributed by atoms with Gasteiger partial charge < -0.3 is 10.4 Å². The zero-order valence-electron chi connectivity index (χ0n) is 9.34. The number of hydrogen-bond acceptors (Lipinski definition) is 2. The van der Waals surface area contributed by atoms with Gasteiger partial charge in [-0.2, -0.15) is 0 Å². The lowest BCUT2D eigenvalue weighted by molar-refractivity contribution is 0.181. The Bertz CT molecular complexity index is 309. The first kappa shape index (κ1) is 13.8. The van der Waals surface area contributed by atoms with Crippen LogP contribution in [0.2, 0.25) is 10.0 Å². The van der Waals surface area contributed by atoms with E-state index in [4.69, 9.17) is 28.3 Å². The predicted molar refractivity (Wildman–Crippen MR) is 69.1 cm³/mol. The van der Waals surface area contributed by atoms with Crippen LogP contribution < -0.4 is 5.32 Å². The van der Waals surface area contributed by atoms with Gasteiger partial charge in [-0.15, -0.1) is 0 Å². The number of aliphatic hydroxyl groups is 1. The Hall–Kier alpha value is -0.280. The van der Waals surface area contributed by atoms with Crippen molar-refractivity contribution in [1.82, 2.24) is 5.32 Å². The van der Waals surface area contributed by atoms with Crippen LogP contribution in [-0.4, -0.2) is 17.8 Å². The first-order valence-corrected chi connectivity index (χ1v) is 6.18. The molecule has 0 fully saturated rings. The van der Waals surface area contributed by atoms with Crippen LogP contribution in [0.5, 0.6) is 0 Å². The van der Waals surface area contributed by atoms with Crippen molar-refractivity contribution in [3.8, 4) is 0 Å². The van der Waals surface area contributed by atoms with Gasteiger partial charge in [-0.25, -0.2) is 0 Å². The second kappa shape index (κ2) is 7.13. The Kier molecular flexibility index (Phi) is 6.14. The van der Waals surface area contributed by atoms with Crippen molar-refractivity contribution in [2.24, 2.45) is 0 Å². The van der Waals surface area contributed by atoms with E-state index in [1.54, 1.807) is 6.92 Å². The Labute approximate surface area is 107 Å². The summed E-state index contributed by atoms with van der Waals surface area (Å²) in [5.41, 5.74) is 0.933. The van der Waals surface area contributed by atoms with Crippen LogP contribution in [0.15, 0.2) is 18.2 Å². The summed E-state index contributed by atoms with van der Waals surface area (Å²) in [5.74, 6) is 0. The molecule has 1 aromatic rings. The third kappa shape index (κ3) is 4.71. The summed E-state index contributed by atoms with van der Waals surface area (Å²) in [7, 11) is 0. The highest BCUT2D eigenvalue weighted by Crippen LogP contribution is 2.23. The first-order chi connectivity index (χ1) is 7.61. The summed E-state index contributed by atoms with van der Waals surface area (Å²) in [5, 5.41) is 13.7. The monoisotopic (exact) mass is 261 g/mol. The summed E-state index contributed by atoms with van der Waals surface area (Å²) < 4.78 is 0. The molecule has 0 heterocycles. The third-order valence-electron chi connectivity index (χ3n) is 2.34. The maximum Gasteiger partial charge on any atom is 0.0512 e. The number of halogens is 2. The molecule has 0 aliphatic heterocycles. The zero-order chi connectivity index (χ0) is 12.0. The van der Waals surface area contributed by atoms with Gasteiger partial charge in [-0.1, -0.05) is 29.3 Å². The molecule has 0 amide bonds. The van der Waals surface area contributed by atoms with E-state index in [0.29, 0.717) is 16.6 Å². The lowest BCUT2D eigenvalue weighted by Crippen LogP contribution is -2.16. The number of nitrogens with one attached hydrogen (secondary N) is 1. The SMILES string of the molecule is CC(O)CCCNCc1c(Cl)cccc1Cl. The molecule has 0 saturated carbocycles. The van der Waals surface area contributed by atoms with Gasteiger partial charge in [0, 0.05) is 22.2 Å². The van der Waals surface area contributed by atoms with Gasteiger partial charge in [0.15, 0.2) is 0 Å². The molecule has 0 spiro atoms. The average Bonchev–Trinajstić information content (AvgIpc) is 2.21. The number of benzene rings is 1. The Morgan fingerprint density at radius 1 is 1.31 bits per heavy atom. The molecule has 2 nitrogen and oxygen atoms in total. The Balaban J connectivity index is 2.32. The van der Waals surface area contributed by atoms with E-state index in [2.05, 4.69) is 5.32 Å². The largest absolute Gasteiger partial charge is 0.393 e. The molecule has 2 N–H and O–H groups in total. The number of rotatable bonds is 6. The van der Waals surface area contributed by atoms with Crippen LogP contribution in [0.4, 0.5) is 0 Å². The first-order valence-electron chi connectivity index (χ1n) is 5.43. The van der Waals surface area contributed by atoms with Gasteiger partial charge in [0.25, 0.3) is 0 Å². The van der Waals surface area contributed by atoms with E-state index in [0.717, 1.165) is 24.9 Å². The van der Waals surface area contributed by atoms with Crippen molar-refractivity contribution in [1.29, 1.82) is 0 Å². The molecular weight excluding hydrogens is 245 g/mol. The van der Waals surface area contributed by atoms with Crippen molar-refractivity contribution in [3.63, 3.8) is 0 Å². The maximum atomic E-state index is 9.09. The molecule has 1 rings (SSSR count). The molecule has 1 atom stereocenters. The van der Waals surface area contributed by atoms with Crippen LogP contribution in [0.3, 0.4) is 0 Å². The number of aliphatic hydroxyl groups excluding tert-OH is 1. The molecule has 0 aliphatic carbocycles. The molecule has 0 radical (unpaired) electrons. The van der Waals surface area contributed by atoms with E-state index in [1.165, 1.54) is 0 Å². The molecule has 1 unspecified atom stereocenters. The normalized spacial score (nSPS) is 12.8. The second-order valence-corrected chi connectivity index (χ2v) is 4.68. The van der Waals surface area contributed by atoms with Crippen molar-refractivity contribution >= 4 is 23.2 Å². The minimum atomic E-state index is -0.231. The third-order valence-corrected chi connectivity index (χ3v) is 3.05. The minimum Gasteiger partial charge on any atom is -0.393 e. The summed E-state index contributed by atoms with van der Waals surface area (Å²) in [6, 6.07) is 5.50. The van der Waals surface area contributed by atoms with Crippen LogP contribution in [0.1, 0.15) is 25.3 Å². The van der Waals surface area contributed by atoms with Gasteiger partial charge in [-0.3, -0.25) is 0 Å². The van der Waals surface area contributed by atoms with E-state index in [-0.39, 0.29) is 6.10 Å². The highest BCUT2D eigenvalue weighted by Gasteiger charge is 2.04. The standard InChI is InChI=1S/C12H17Cl2NO/c1-9(16)4-3-7-15-8-10-11(13)5-2-6-12(10)14/h2,5-6,9,15-16H,3-4,7-8H2,1H3. The highest BCUT2D eigenvalue weighted by molar-refractivity contribution is 6.35. The maximum absolute atomic E-state index is 9.09. The molecule has 0 aliphatic rings. The number of hydrogen-bond donors (Lipinski definition) is 2. The molecular formula is C12H17Cl2NO. The smallest absolute Gasteiger partial charge is 0.0512 e. The molecule has 1 aromatic carbocycles. The molecule has 90 valence electrons. The van der Waals surface area contributed by atoms with Crippen LogP contribution in [0.25, 0.3) is 0 Å². The fourth-order valence-electron chi connectivity index (χ4n) is 1.44. The Morgan fingerprint density at radius 2 is 1.94 bits per heavy atom. The van der Waals surface area contributed by atoms with Crippen molar-refractivity contribution < 1.29 is 5.11 Å². The van der Waals surface area contributed by atoms with Gasteiger partial charge in [0.2, 0.25) is 0 Å². The molecule has 16 heavy (non-hydrogen) atoms. The topological polar surface area (TPSA) is 32.3 Å². The van der Waals surface area contributed by atoms with E-state index >= 15 is 0 Å². The van der Waals surface area contributed by atoms with Gasteiger partial charge in [0.1, 0.15) is 0 Å². The average molecular weight is 262 g/mol. The van der Waals surface area contributed by atoms with Crippen LogP contribution in [-0.2, 0) is 6.54 Å². The quantitative estimate of drug-likeness (QED) is 0.771.